The standard InChI is InChI=1S/C16H22N2S.C2HF3O2/c1-4-14(15-8-6-5-7-9-15)10-18(3)11-16-12-19-13(2)17-16;3-2(4,5)1(6)7/h5-9,12,14H,4,10-11H2,1-3H3;(H,6,7)/t14-;/m0./s1. The van der Waals surface area contributed by atoms with Gasteiger partial charge in [0.2, 0.25) is 0 Å². The number of aryl methyl sites for hydroxylation is 1. The van der Waals surface area contributed by atoms with Gasteiger partial charge in [0.05, 0.1) is 10.7 Å². The number of nitrogens with zero attached hydrogens (tertiary/aromatic N) is 2. The molecule has 0 spiro atoms. The summed E-state index contributed by atoms with van der Waals surface area (Å²) in [6.45, 7) is 6.34. The van der Waals surface area contributed by atoms with Crippen molar-refractivity contribution < 1.29 is 23.1 Å². The molecule has 2 rings (SSSR count). The molecule has 0 aliphatic carbocycles. The number of hydrogen-bond acceptors (Lipinski definition) is 4. The lowest BCUT2D eigenvalue weighted by Gasteiger charge is -2.23. The number of likely N-dealkylation sites (N-methyl/N-ethyl adjacent to an activating group) is 1. The summed E-state index contributed by atoms with van der Waals surface area (Å²) in [4.78, 5) is 15.8. The zero-order chi connectivity index (χ0) is 19.7. The van der Waals surface area contributed by atoms with Crippen molar-refractivity contribution in [2.75, 3.05) is 13.6 Å². The number of rotatable bonds is 6. The second-order valence-corrected chi connectivity index (χ2v) is 6.94. The SMILES string of the molecule is CC[C@@H](CN(C)Cc1csc(C)n1)c1ccccc1.O=C(O)C(F)(F)F. The number of aliphatic carboxylic acids is 1. The summed E-state index contributed by atoms with van der Waals surface area (Å²) in [6.07, 6.45) is -3.91. The molecule has 1 N–H and O–H groups in total. The maximum atomic E-state index is 10.6. The van der Waals surface area contributed by atoms with Crippen molar-refractivity contribution in [3.05, 3.63) is 52.0 Å². The van der Waals surface area contributed by atoms with E-state index < -0.39 is 12.1 Å². The minimum atomic E-state index is -5.08. The van der Waals surface area contributed by atoms with Gasteiger partial charge in [-0.1, -0.05) is 37.3 Å². The number of aromatic nitrogens is 1. The van der Waals surface area contributed by atoms with Crippen LogP contribution in [0.2, 0.25) is 0 Å². The van der Waals surface area contributed by atoms with E-state index in [0.29, 0.717) is 5.92 Å². The summed E-state index contributed by atoms with van der Waals surface area (Å²) in [5.41, 5.74) is 2.62. The molecule has 8 heteroatoms. The van der Waals surface area contributed by atoms with E-state index in [2.05, 4.69) is 66.5 Å². The molecule has 144 valence electrons. The van der Waals surface area contributed by atoms with E-state index in [1.807, 2.05) is 0 Å². The summed E-state index contributed by atoms with van der Waals surface area (Å²) in [5, 5.41) is 10.4. The van der Waals surface area contributed by atoms with E-state index in [-0.39, 0.29) is 0 Å². The van der Waals surface area contributed by atoms with E-state index >= 15 is 0 Å². The van der Waals surface area contributed by atoms with Crippen molar-refractivity contribution in [2.24, 2.45) is 0 Å². The quantitative estimate of drug-likeness (QED) is 0.779. The summed E-state index contributed by atoms with van der Waals surface area (Å²) in [6, 6.07) is 10.8. The van der Waals surface area contributed by atoms with Gasteiger partial charge in [-0.2, -0.15) is 13.2 Å². The predicted molar refractivity (Wildman–Crippen MR) is 96.3 cm³/mol. The lowest BCUT2D eigenvalue weighted by atomic mass is 9.96. The van der Waals surface area contributed by atoms with Gasteiger partial charge >= 0.3 is 12.1 Å². The highest BCUT2D eigenvalue weighted by atomic mass is 32.1. The van der Waals surface area contributed by atoms with Gasteiger partial charge in [0.15, 0.2) is 0 Å². The van der Waals surface area contributed by atoms with Crippen LogP contribution in [0.15, 0.2) is 35.7 Å². The maximum absolute atomic E-state index is 10.6. The van der Waals surface area contributed by atoms with Crippen molar-refractivity contribution in [3.63, 3.8) is 0 Å². The first kappa shape index (κ1) is 22.1. The molecule has 0 aliphatic rings. The Morgan fingerprint density at radius 2 is 1.88 bits per heavy atom. The zero-order valence-corrected chi connectivity index (χ0v) is 15.8. The summed E-state index contributed by atoms with van der Waals surface area (Å²) >= 11 is 1.73. The average molecular weight is 388 g/mol. The molecule has 0 aliphatic heterocycles. The monoisotopic (exact) mass is 388 g/mol. The van der Waals surface area contributed by atoms with Gasteiger partial charge in [-0.15, -0.1) is 11.3 Å². The molecular formula is C18H23F3N2O2S. The molecule has 0 saturated carbocycles. The van der Waals surface area contributed by atoms with Crippen LogP contribution < -0.4 is 0 Å². The molecule has 1 heterocycles. The fourth-order valence-electron chi connectivity index (χ4n) is 2.39. The van der Waals surface area contributed by atoms with Gasteiger partial charge in [0, 0.05) is 18.5 Å². The Labute approximate surface area is 155 Å². The minimum Gasteiger partial charge on any atom is -0.475 e. The Bertz CT molecular complexity index is 675. The summed E-state index contributed by atoms with van der Waals surface area (Å²) < 4.78 is 31.7. The maximum Gasteiger partial charge on any atom is 0.490 e. The van der Waals surface area contributed by atoms with Crippen molar-refractivity contribution in [1.29, 1.82) is 0 Å². The minimum absolute atomic E-state index is 0.603. The van der Waals surface area contributed by atoms with Gasteiger partial charge < -0.3 is 5.11 Å². The van der Waals surface area contributed by atoms with E-state index in [1.54, 1.807) is 11.3 Å². The highest BCUT2D eigenvalue weighted by Crippen LogP contribution is 2.21. The number of halogens is 3. The normalized spacial score (nSPS) is 12.4. The van der Waals surface area contributed by atoms with E-state index in [4.69, 9.17) is 9.90 Å². The number of carbonyl (C=O) groups is 1. The molecule has 26 heavy (non-hydrogen) atoms. The Morgan fingerprint density at radius 3 is 2.31 bits per heavy atom. The molecule has 0 unspecified atom stereocenters. The number of alkyl halides is 3. The van der Waals surface area contributed by atoms with Crippen LogP contribution in [0.25, 0.3) is 0 Å². The van der Waals surface area contributed by atoms with Crippen molar-refractivity contribution in [3.8, 4) is 0 Å². The Hall–Kier alpha value is -1.93. The van der Waals surface area contributed by atoms with Crippen LogP contribution in [-0.2, 0) is 11.3 Å². The van der Waals surface area contributed by atoms with E-state index in [9.17, 15) is 13.2 Å². The number of benzene rings is 1. The van der Waals surface area contributed by atoms with Crippen LogP contribution in [0.3, 0.4) is 0 Å². The average Bonchev–Trinajstić information content (AvgIpc) is 2.98. The van der Waals surface area contributed by atoms with Gasteiger partial charge in [0.1, 0.15) is 0 Å². The molecular weight excluding hydrogens is 365 g/mol. The fraction of sp³-hybridized carbons (Fsp3) is 0.444. The zero-order valence-electron chi connectivity index (χ0n) is 15.0. The molecule has 2 aromatic rings. The third kappa shape index (κ3) is 7.97. The first-order valence-electron chi connectivity index (χ1n) is 8.08. The third-order valence-corrected chi connectivity index (χ3v) is 4.46. The molecule has 0 saturated heterocycles. The van der Waals surface area contributed by atoms with Crippen LogP contribution in [-0.4, -0.2) is 40.7 Å². The molecule has 1 atom stereocenters. The largest absolute Gasteiger partial charge is 0.490 e. The van der Waals surface area contributed by atoms with Crippen molar-refractivity contribution in [2.45, 2.75) is 38.9 Å². The molecule has 0 radical (unpaired) electrons. The number of carboxylic acids is 1. The highest BCUT2D eigenvalue weighted by Gasteiger charge is 2.38. The molecule has 1 aromatic carbocycles. The Morgan fingerprint density at radius 1 is 1.31 bits per heavy atom. The topological polar surface area (TPSA) is 53.4 Å². The molecule has 0 fully saturated rings. The molecule has 0 bridgehead atoms. The van der Waals surface area contributed by atoms with Crippen LogP contribution >= 0.6 is 11.3 Å². The second kappa shape index (κ2) is 10.3. The first-order valence-corrected chi connectivity index (χ1v) is 8.96. The van der Waals surface area contributed by atoms with Crippen LogP contribution in [0.5, 0.6) is 0 Å². The van der Waals surface area contributed by atoms with Crippen LogP contribution in [0.1, 0.15) is 35.5 Å². The first-order chi connectivity index (χ1) is 12.1. The van der Waals surface area contributed by atoms with Gasteiger partial charge in [-0.05, 0) is 31.9 Å². The number of hydrogen-bond donors (Lipinski definition) is 1. The van der Waals surface area contributed by atoms with E-state index in [0.717, 1.165) is 18.1 Å². The highest BCUT2D eigenvalue weighted by molar-refractivity contribution is 7.09. The molecule has 0 amide bonds. The third-order valence-electron chi connectivity index (χ3n) is 3.64. The Kier molecular flexibility index (Phi) is 8.74. The van der Waals surface area contributed by atoms with Crippen molar-refractivity contribution >= 4 is 17.3 Å². The lowest BCUT2D eigenvalue weighted by molar-refractivity contribution is -0.192. The summed E-state index contributed by atoms with van der Waals surface area (Å²) in [5.74, 6) is -2.15. The summed E-state index contributed by atoms with van der Waals surface area (Å²) in [7, 11) is 2.18. The fourth-order valence-corrected chi connectivity index (χ4v) is 3.00. The molecule has 4 nitrogen and oxygen atoms in total. The predicted octanol–water partition coefficient (Wildman–Crippen LogP) is 4.71. The van der Waals surface area contributed by atoms with Gasteiger partial charge in [-0.25, -0.2) is 9.78 Å². The van der Waals surface area contributed by atoms with Crippen molar-refractivity contribution in [1.82, 2.24) is 9.88 Å². The molecule has 1 aromatic heterocycles. The number of thiazole rings is 1. The lowest BCUT2D eigenvalue weighted by Crippen LogP contribution is -2.24. The van der Waals surface area contributed by atoms with Gasteiger partial charge in [-0.3, -0.25) is 4.90 Å². The smallest absolute Gasteiger partial charge is 0.475 e. The van der Waals surface area contributed by atoms with E-state index in [1.165, 1.54) is 17.7 Å². The van der Waals surface area contributed by atoms with Crippen LogP contribution in [0.4, 0.5) is 13.2 Å². The Balaban J connectivity index is 0.000000412. The second-order valence-electron chi connectivity index (χ2n) is 5.87. The number of carboxylic acid groups (broad SMARTS) is 1. The van der Waals surface area contributed by atoms with Crippen LogP contribution in [0, 0.1) is 6.92 Å². The van der Waals surface area contributed by atoms with Gasteiger partial charge in [0.25, 0.3) is 0 Å².